The van der Waals surface area contributed by atoms with E-state index in [-0.39, 0.29) is 11.8 Å². The number of hydrogen-bond donors (Lipinski definition) is 1. The van der Waals surface area contributed by atoms with E-state index in [4.69, 9.17) is 0 Å². The molecule has 1 saturated heterocycles. The fourth-order valence-electron chi connectivity index (χ4n) is 3.69. The Labute approximate surface area is 173 Å². The monoisotopic (exact) mass is 390 g/mol. The van der Waals surface area contributed by atoms with E-state index >= 15 is 0 Å². The standard InChI is InChI=1S/C25H30N2O2/c1-25(2)18-23(28)22(17-21-14-7-4-8-15-21)19-27(25)24(29)26-16-10-9-13-20-11-5-3-6-12-20/h3-8,11-12,14-15,17H,9-10,13,16,18-19H2,1-2H3,(H,26,29). The number of rotatable bonds is 6. The van der Waals surface area contributed by atoms with Gasteiger partial charge in [0.1, 0.15) is 0 Å². The van der Waals surface area contributed by atoms with Crippen LogP contribution in [0.1, 0.15) is 44.2 Å². The molecule has 4 nitrogen and oxygen atoms in total. The van der Waals surface area contributed by atoms with Crippen molar-refractivity contribution in [3.05, 3.63) is 77.4 Å². The van der Waals surface area contributed by atoms with Crippen molar-refractivity contribution < 1.29 is 9.59 Å². The van der Waals surface area contributed by atoms with E-state index in [0.717, 1.165) is 24.8 Å². The summed E-state index contributed by atoms with van der Waals surface area (Å²) in [6, 6.07) is 20.1. The Bertz CT molecular complexity index is 857. The van der Waals surface area contributed by atoms with Crippen LogP contribution in [-0.2, 0) is 11.2 Å². The number of benzene rings is 2. The molecule has 0 spiro atoms. The topological polar surface area (TPSA) is 49.4 Å². The number of carbonyl (C=O) groups is 2. The highest BCUT2D eigenvalue weighted by Gasteiger charge is 2.39. The predicted molar refractivity (Wildman–Crippen MR) is 118 cm³/mol. The molecule has 0 atom stereocenters. The van der Waals surface area contributed by atoms with Gasteiger partial charge < -0.3 is 10.2 Å². The summed E-state index contributed by atoms with van der Waals surface area (Å²) in [5.41, 5.74) is 2.51. The fraction of sp³-hybridized carbons (Fsp3) is 0.360. The zero-order chi connectivity index (χ0) is 20.7. The van der Waals surface area contributed by atoms with Crippen LogP contribution in [0.5, 0.6) is 0 Å². The minimum atomic E-state index is -0.487. The van der Waals surface area contributed by atoms with Gasteiger partial charge >= 0.3 is 6.03 Å². The predicted octanol–water partition coefficient (Wildman–Crippen LogP) is 4.86. The molecule has 0 bridgehead atoms. The van der Waals surface area contributed by atoms with E-state index in [9.17, 15) is 9.59 Å². The Morgan fingerprint density at radius 2 is 1.69 bits per heavy atom. The molecule has 0 aromatic heterocycles. The molecule has 1 N–H and O–H groups in total. The van der Waals surface area contributed by atoms with Gasteiger partial charge in [0.2, 0.25) is 0 Å². The first kappa shape index (κ1) is 20.8. The van der Waals surface area contributed by atoms with Crippen molar-refractivity contribution in [2.75, 3.05) is 13.1 Å². The lowest BCUT2D eigenvalue weighted by Crippen LogP contribution is -2.57. The summed E-state index contributed by atoms with van der Waals surface area (Å²) < 4.78 is 0. The molecule has 0 saturated carbocycles. The van der Waals surface area contributed by atoms with E-state index in [0.29, 0.717) is 25.1 Å². The molecule has 1 aliphatic rings. The largest absolute Gasteiger partial charge is 0.338 e. The molecule has 4 heteroatoms. The van der Waals surface area contributed by atoms with Crippen LogP contribution in [0.3, 0.4) is 0 Å². The number of piperidine rings is 1. The molecule has 1 heterocycles. The number of ketones is 1. The zero-order valence-corrected chi connectivity index (χ0v) is 17.4. The van der Waals surface area contributed by atoms with Crippen molar-refractivity contribution in [1.29, 1.82) is 0 Å². The second kappa shape index (κ2) is 9.55. The molecule has 2 aromatic rings. The van der Waals surface area contributed by atoms with Crippen LogP contribution in [0.15, 0.2) is 66.2 Å². The number of aryl methyl sites for hydroxylation is 1. The van der Waals surface area contributed by atoms with Gasteiger partial charge in [-0.05, 0) is 50.3 Å². The summed E-state index contributed by atoms with van der Waals surface area (Å²) in [4.78, 5) is 27.2. The van der Waals surface area contributed by atoms with Crippen molar-refractivity contribution in [2.45, 2.75) is 45.1 Å². The van der Waals surface area contributed by atoms with Gasteiger partial charge in [-0.15, -0.1) is 0 Å². The molecule has 1 fully saturated rings. The molecule has 3 rings (SSSR count). The normalized spacial score (nSPS) is 17.4. The number of nitrogens with one attached hydrogen (secondary N) is 1. The third-order valence-corrected chi connectivity index (χ3v) is 5.41. The van der Waals surface area contributed by atoms with Crippen LogP contribution >= 0.6 is 0 Å². The molecule has 0 radical (unpaired) electrons. The third kappa shape index (κ3) is 5.80. The minimum absolute atomic E-state index is 0.0961. The molecule has 2 amide bonds. The zero-order valence-electron chi connectivity index (χ0n) is 17.4. The first-order valence-corrected chi connectivity index (χ1v) is 10.3. The summed E-state index contributed by atoms with van der Waals surface area (Å²) in [5.74, 6) is 0.116. The summed E-state index contributed by atoms with van der Waals surface area (Å²) in [5, 5.41) is 3.04. The number of carbonyl (C=O) groups excluding carboxylic acids is 2. The molecule has 0 unspecified atom stereocenters. The summed E-state index contributed by atoms with van der Waals surface area (Å²) in [6.45, 7) is 4.90. The lowest BCUT2D eigenvalue weighted by atomic mass is 9.86. The smallest absolute Gasteiger partial charge is 0.318 e. The van der Waals surface area contributed by atoms with Crippen molar-refractivity contribution in [3.63, 3.8) is 0 Å². The molecule has 0 aliphatic carbocycles. The number of amides is 2. The first-order valence-electron chi connectivity index (χ1n) is 10.3. The van der Waals surface area contributed by atoms with Crippen LogP contribution in [0, 0.1) is 0 Å². The maximum Gasteiger partial charge on any atom is 0.318 e. The Morgan fingerprint density at radius 3 is 2.38 bits per heavy atom. The van der Waals surface area contributed by atoms with Crippen LogP contribution < -0.4 is 5.32 Å². The lowest BCUT2D eigenvalue weighted by molar-refractivity contribution is -0.119. The number of likely N-dealkylation sites (tertiary alicyclic amines) is 1. The van der Waals surface area contributed by atoms with E-state index in [2.05, 4.69) is 29.6 Å². The highest BCUT2D eigenvalue weighted by atomic mass is 16.2. The van der Waals surface area contributed by atoms with Gasteiger partial charge in [-0.2, -0.15) is 0 Å². The first-order chi connectivity index (χ1) is 14.0. The van der Waals surface area contributed by atoms with E-state index in [1.54, 1.807) is 4.90 Å². The molecular formula is C25H30N2O2. The molecule has 1 aliphatic heterocycles. The number of hydrogen-bond acceptors (Lipinski definition) is 2. The molecule has 152 valence electrons. The highest BCUT2D eigenvalue weighted by Crippen LogP contribution is 2.29. The van der Waals surface area contributed by atoms with Crippen LogP contribution in [0.2, 0.25) is 0 Å². The SMILES string of the molecule is CC1(C)CC(=O)C(=Cc2ccccc2)CN1C(=O)NCCCCc1ccccc1. The van der Waals surface area contributed by atoms with Crippen molar-refractivity contribution in [3.8, 4) is 0 Å². The Balaban J connectivity index is 1.55. The Morgan fingerprint density at radius 1 is 1.03 bits per heavy atom. The van der Waals surface area contributed by atoms with E-state index in [1.807, 2.05) is 56.3 Å². The second-order valence-electron chi connectivity index (χ2n) is 8.25. The lowest BCUT2D eigenvalue weighted by Gasteiger charge is -2.42. The fourth-order valence-corrected chi connectivity index (χ4v) is 3.69. The number of urea groups is 1. The quantitative estimate of drug-likeness (QED) is 0.566. The van der Waals surface area contributed by atoms with Crippen molar-refractivity contribution in [1.82, 2.24) is 10.2 Å². The average molecular weight is 391 g/mol. The van der Waals surface area contributed by atoms with Gasteiger partial charge in [0.25, 0.3) is 0 Å². The summed E-state index contributed by atoms with van der Waals surface area (Å²) >= 11 is 0. The molecule has 29 heavy (non-hydrogen) atoms. The summed E-state index contributed by atoms with van der Waals surface area (Å²) in [7, 11) is 0. The van der Waals surface area contributed by atoms with Crippen LogP contribution in [0.4, 0.5) is 4.79 Å². The van der Waals surface area contributed by atoms with Gasteiger partial charge in [0, 0.05) is 24.1 Å². The summed E-state index contributed by atoms with van der Waals surface area (Å²) in [6.07, 6.45) is 5.22. The van der Waals surface area contributed by atoms with E-state index in [1.165, 1.54) is 5.56 Å². The maximum atomic E-state index is 12.8. The van der Waals surface area contributed by atoms with Gasteiger partial charge in [-0.25, -0.2) is 4.79 Å². The Kier molecular flexibility index (Phi) is 6.86. The van der Waals surface area contributed by atoms with Gasteiger partial charge in [0.05, 0.1) is 6.54 Å². The average Bonchev–Trinajstić information content (AvgIpc) is 2.71. The van der Waals surface area contributed by atoms with Crippen LogP contribution in [-0.4, -0.2) is 35.3 Å². The van der Waals surface area contributed by atoms with Crippen LogP contribution in [0.25, 0.3) is 6.08 Å². The second-order valence-corrected chi connectivity index (χ2v) is 8.25. The van der Waals surface area contributed by atoms with E-state index < -0.39 is 5.54 Å². The number of unbranched alkanes of at least 4 members (excludes halogenated alkanes) is 1. The maximum absolute atomic E-state index is 12.8. The Hall–Kier alpha value is -2.88. The van der Waals surface area contributed by atoms with Gasteiger partial charge in [-0.3, -0.25) is 4.79 Å². The highest BCUT2D eigenvalue weighted by molar-refractivity contribution is 6.02. The third-order valence-electron chi connectivity index (χ3n) is 5.41. The minimum Gasteiger partial charge on any atom is -0.338 e. The number of nitrogens with zero attached hydrogens (tertiary/aromatic N) is 1. The number of Topliss-reactive ketones (excluding diaryl/α,β-unsaturated/α-hetero) is 1. The molecule has 2 aromatic carbocycles. The molecular weight excluding hydrogens is 360 g/mol. The van der Waals surface area contributed by atoms with Gasteiger partial charge in [-0.1, -0.05) is 60.7 Å². The van der Waals surface area contributed by atoms with Crippen molar-refractivity contribution >= 4 is 17.9 Å². The van der Waals surface area contributed by atoms with Gasteiger partial charge in [0.15, 0.2) is 5.78 Å². The van der Waals surface area contributed by atoms with Crippen molar-refractivity contribution in [2.24, 2.45) is 0 Å².